The van der Waals surface area contributed by atoms with E-state index in [0.29, 0.717) is 12.0 Å². The highest BCUT2D eigenvalue weighted by molar-refractivity contribution is 7.99. The van der Waals surface area contributed by atoms with Crippen LogP contribution in [-0.4, -0.2) is 27.6 Å². The van der Waals surface area contributed by atoms with Crippen LogP contribution < -0.4 is 4.74 Å². The van der Waals surface area contributed by atoms with Crippen LogP contribution in [0.5, 0.6) is 5.75 Å². The Labute approximate surface area is 135 Å². The van der Waals surface area contributed by atoms with Gasteiger partial charge in [-0.15, -0.1) is 10.2 Å². The van der Waals surface area contributed by atoms with Gasteiger partial charge in [0.1, 0.15) is 11.6 Å². The second-order valence-corrected chi connectivity index (χ2v) is 7.22. The van der Waals surface area contributed by atoms with Crippen LogP contribution in [0, 0.1) is 0 Å². The number of aromatic nitrogens is 3. The number of hydrogen-bond acceptors (Lipinski definition) is 4. The van der Waals surface area contributed by atoms with Gasteiger partial charge in [0.15, 0.2) is 5.16 Å². The molecule has 1 heterocycles. The fourth-order valence-electron chi connectivity index (χ4n) is 2.73. The van der Waals surface area contributed by atoms with E-state index in [1.807, 2.05) is 23.9 Å². The van der Waals surface area contributed by atoms with E-state index in [0.717, 1.165) is 23.1 Å². The number of methoxy groups -OCH3 is 1. The normalized spacial score (nSPS) is 17.7. The maximum absolute atomic E-state index is 5.20. The van der Waals surface area contributed by atoms with E-state index in [4.69, 9.17) is 4.74 Å². The van der Waals surface area contributed by atoms with E-state index >= 15 is 0 Å². The molecule has 2 fully saturated rings. The topological polar surface area (TPSA) is 39.9 Å². The third-order valence-corrected chi connectivity index (χ3v) is 5.27. The predicted octanol–water partition coefficient (Wildman–Crippen LogP) is 3.83. The lowest BCUT2D eigenvalue weighted by atomic mass is 10.2. The van der Waals surface area contributed by atoms with Gasteiger partial charge in [0.05, 0.1) is 7.11 Å². The van der Waals surface area contributed by atoms with Gasteiger partial charge in [0.25, 0.3) is 0 Å². The lowest BCUT2D eigenvalue weighted by molar-refractivity contribution is 0.414. The van der Waals surface area contributed by atoms with Crippen LogP contribution in [0.15, 0.2) is 29.4 Å². The minimum atomic E-state index is 0.675. The molecule has 22 heavy (non-hydrogen) atoms. The average Bonchev–Trinajstić information content (AvgIpc) is 3.47. The Bertz CT molecular complexity index is 644. The lowest BCUT2D eigenvalue weighted by Crippen LogP contribution is -2.02. The molecule has 0 saturated heterocycles. The Morgan fingerprint density at radius 3 is 2.55 bits per heavy atom. The monoisotopic (exact) mass is 315 g/mol. The van der Waals surface area contributed by atoms with E-state index < -0.39 is 0 Å². The smallest absolute Gasteiger partial charge is 0.191 e. The maximum Gasteiger partial charge on any atom is 0.191 e. The molecule has 2 aliphatic carbocycles. The molecule has 116 valence electrons. The van der Waals surface area contributed by atoms with Crippen molar-refractivity contribution in [3.8, 4) is 5.75 Å². The highest BCUT2D eigenvalue weighted by Crippen LogP contribution is 2.46. The maximum atomic E-state index is 5.20. The summed E-state index contributed by atoms with van der Waals surface area (Å²) in [6.45, 7) is 0. The summed E-state index contributed by atoms with van der Waals surface area (Å²) in [5.74, 6) is 3.89. The summed E-state index contributed by atoms with van der Waals surface area (Å²) in [4.78, 5) is 0. The van der Waals surface area contributed by atoms with Crippen molar-refractivity contribution in [1.82, 2.24) is 14.8 Å². The number of nitrogens with zero attached hydrogens (tertiary/aromatic N) is 3. The zero-order valence-electron chi connectivity index (χ0n) is 12.9. The standard InChI is InChI=1S/C17H21N3OS/c1-21-15-8-2-12(3-9-15)10-11-22-17-19-18-16(13-4-5-13)20(17)14-6-7-14/h2-3,8-9,13-14H,4-7,10-11H2,1H3. The summed E-state index contributed by atoms with van der Waals surface area (Å²) in [5, 5.41) is 10.0. The molecule has 0 bridgehead atoms. The van der Waals surface area contributed by atoms with Gasteiger partial charge >= 0.3 is 0 Å². The molecule has 0 unspecified atom stereocenters. The molecule has 0 N–H and O–H groups in total. The van der Waals surface area contributed by atoms with E-state index in [1.165, 1.54) is 37.1 Å². The second kappa shape index (κ2) is 5.95. The van der Waals surface area contributed by atoms with Crippen molar-refractivity contribution in [1.29, 1.82) is 0 Å². The molecular weight excluding hydrogens is 294 g/mol. The number of rotatable bonds is 7. The molecule has 4 nitrogen and oxygen atoms in total. The van der Waals surface area contributed by atoms with Gasteiger partial charge in [-0.3, -0.25) is 0 Å². The molecule has 5 heteroatoms. The first-order valence-corrected chi connectivity index (χ1v) is 9.04. The third-order valence-electron chi connectivity index (χ3n) is 4.33. The molecule has 0 aliphatic heterocycles. The van der Waals surface area contributed by atoms with Crippen LogP contribution >= 0.6 is 11.8 Å². The van der Waals surface area contributed by atoms with E-state index in [1.54, 1.807) is 7.11 Å². The van der Waals surface area contributed by atoms with Crippen LogP contribution in [-0.2, 0) is 6.42 Å². The Hall–Kier alpha value is -1.49. The molecule has 1 aromatic carbocycles. The quantitative estimate of drug-likeness (QED) is 0.728. The molecule has 1 aromatic heterocycles. The summed E-state index contributed by atoms with van der Waals surface area (Å²) in [5.41, 5.74) is 1.34. The van der Waals surface area contributed by atoms with Gasteiger partial charge in [-0.2, -0.15) is 0 Å². The van der Waals surface area contributed by atoms with Gasteiger partial charge in [0, 0.05) is 17.7 Å². The first-order valence-electron chi connectivity index (χ1n) is 8.05. The first kappa shape index (κ1) is 14.1. The van der Waals surface area contributed by atoms with Crippen molar-refractivity contribution < 1.29 is 4.74 Å². The van der Waals surface area contributed by atoms with E-state index in [-0.39, 0.29) is 0 Å². The lowest BCUT2D eigenvalue weighted by Gasteiger charge is -2.08. The summed E-state index contributed by atoms with van der Waals surface area (Å²) < 4.78 is 7.62. The van der Waals surface area contributed by atoms with Crippen LogP contribution in [0.4, 0.5) is 0 Å². The molecule has 0 atom stereocenters. The SMILES string of the molecule is COc1ccc(CCSc2nnc(C3CC3)n2C2CC2)cc1. The predicted molar refractivity (Wildman–Crippen MR) is 87.7 cm³/mol. The fraction of sp³-hybridized carbons (Fsp3) is 0.529. The number of hydrogen-bond donors (Lipinski definition) is 0. The Morgan fingerprint density at radius 2 is 1.91 bits per heavy atom. The Kier molecular flexibility index (Phi) is 3.82. The fourth-order valence-corrected chi connectivity index (χ4v) is 3.74. The third kappa shape index (κ3) is 3.00. The van der Waals surface area contributed by atoms with Gasteiger partial charge in [-0.05, 0) is 49.8 Å². The summed E-state index contributed by atoms with van der Waals surface area (Å²) in [7, 11) is 1.70. The van der Waals surface area contributed by atoms with Crippen LogP contribution in [0.1, 0.15) is 49.0 Å². The zero-order chi connectivity index (χ0) is 14.9. The van der Waals surface area contributed by atoms with Crippen molar-refractivity contribution in [2.45, 2.75) is 49.2 Å². The summed E-state index contributed by atoms with van der Waals surface area (Å²) in [6.07, 6.45) is 6.22. The second-order valence-electron chi connectivity index (χ2n) is 6.16. The van der Waals surface area contributed by atoms with Crippen molar-refractivity contribution in [2.24, 2.45) is 0 Å². The van der Waals surface area contributed by atoms with Crippen molar-refractivity contribution >= 4 is 11.8 Å². The van der Waals surface area contributed by atoms with Crippen LogP contribution in [0.25, 0.3) is 0 Å². The van der Waals surface area contributed by atoms with Gasteiger partial charge in [-0.25, -0.2) is 0 Å². The van der Waals surface area contributed by atoms with Gasteiger partial charge in [-0.1, -0.05) is 23.9 Å². The largest absolute Gasteiger partial charge is 0.497 e. The molecule has 2 aliphatic rings. The Morgan fingerprint density at radius 1 is 1.14 bits per heavy atom. The highest BCUT2D eigenvalue weighted by Gasteiger charge is 2.36. The first-order chi connectivity index (χ1) is 10.8. The molecule has 4 rings (SSSR count). The van der Waals surface area contributed by atoms with Crippen LogP contribution in [0.3, 0.4) is 0 Å². The summed E-state index contributed by atoms with van der Waals surface area (Å²) in [6, 6.07) is 9.01. The van der Waals surface area contributed by atoms with E-state index in [9.17, 15) is 0 Å². The number of benzene rings is 1. The molecule has 0 radical (unpaired) electrons. The molecule has 0 amide bonds. The minimum absolute atomic E-state index is 0.675. The Balaban J connectivity index is 1.39. The zero-order valence-corrected chi connectivity index (χ0v) is 13.7. The van der Waals surface area contributed by atoms with Crippen molar-refractivity contribution in [2.75, 3.05) is 12.9 Å². The molecule has 0 spiro atoms. The molecule has 2 saturated carbocycles. The molecule has 2 aromatic rings. The van der Waals surface area contributed by atoms with Gasteiger partial charge in [0.2, 0.25) is 0 Å². The van der Waals surface area contributed by atoms with E-state index in [2.05, 4.69) is 26.9 Å². The number of ether oxygens (including phenoxy) is 1. The average molecular weight is 315 g/mol. The van der Waals surface area contributed by atoms with Crippen LogP contribution in [0.2, 0.25) is 0 Å². The minimum Gasteiger partial charge on any atom is -0.497 e. The van der Waals surface area contributed by atoms with Crippen molar-refractivity contribution in [3.05, 3.63) is 35.7 Å². The number of aryl methyl sites for hydroxylation is 1. The summed E-state index contributed by atoms with van der Waals surface area (Å²) >= 11 is 1.84. The van der Waals surface area contributed by atoms with Gasteiger partial charge < -0.3 is 9.30 Å². The van der Waals surface area contributed by atoms with Crippen molar-refractivity contribution in [3.63, 3.8) is 0 Å². The highest BCUT2D eigenvalue weighted by atomic mass is 32.2. The molecular formula is C17H21N3OS. The number of thioether (sulfide) groups is 1.